The van der Waals surface area contributed by atoms with Crippen molar-refractivity contribution in [3.8, 4) is 0 Å². The third kappa shape index (κ3) is 5.51. The van der Waals surface area contributed by atoms with Crippen LogP contribution in [0.25, 0.3) is 0 Å². The van der Waals surface area contributed by atoms with Gasteiger partial charge in [0, 0.05) is 21.0 Å². The molecular formula is C31H23BrFN3O6S2. The smallest absolute Gasteiger partial charge is 0.338 e. The number of halogens is 2. The van der Waals surface area contributed by atoms with Gasteiger partial charge in [-0.2, -0.15) is 0 Å². The number of amides is 3. The number of esters is 1. The minimum Gasteiger partial charge on any atom is -0.462 e. The van der Waals surface area contributed by atoms with E-state index in [1.807, 2.05) is 24.3 Å². The van der Waals surface area contributed by atoms with Crippen molar-refractivity contribution in [3.63, 3.8) is 0 Å². The van der Waals surface area contributed by atoms with E-state index in [-0.39, 0.29) is 18.8 Å². The minimum atomic E-state index is -0.872. The molecular weight excluding hydrogens is 673 g/mol. The van der Waals surface area contributed by atoms with Crippen LogP contribution >= 0.6 is 39.0 Å². The Morgan fingerprint density at radius 2 is 1.73 bits per heavy atom. The van der Waals surface area contributed by atoms with Gasteiger partial charge in [-0.05, 0) is 73.2 Å². The summed E-state index contributed by atoms with van der Waals surface area (Å²) in [5.74, 6) is -3.82. The molecule has 9 nitrogen and oxygen atoms in total. The Morgan fingerprint density at radius 3 is 2.41 bits per heavy atom. The molecule has 0 bridgehead atoms. The standard InChI is InChI=1S/C31H23BrFN3O6S2/c1-2-42-30(40)16-6-10-20(11-7-16)34-22(37)15-35-29-26(44-31(35)41)23(17-4-3-5-18(32)14-17)24-25(43-29)28(39)36(27(24)38)21-12-8-19(33)9-13-21/h3-14,23-25H,2,15H2,1H3,(H,34,37)/t23-,24?,25?/m1/s1. The number of anilines is 2. The summed E-state index contributed by atoms with van der Waals surface area (Å²) >= 11 is 5.52. The number of nitrogens with one attached hydrogen (secondary N) is 1. The SMILES string of the molecule is CCOC(=O)c1ccc(NC(=O)Cn2c3c(sc2=O)[C@H](c2cccc(Br)c2)C2C(=O)N(c4ccc(F)cc4)C(=O)C2S3)cc1. The van der Waals surface area contributed by atoms with Gasteiger partial charge in [0.1, 0.15) is 17.6 Å². The Balaban J connectivity index is 1.33. The van der Waals surface area contributed by atoms with Crippen molar-refractivity contribution < 1.29 is 28.3 Å². The lowest BCUT2D eigenvalue weighted by Gasteiger charge is -2.30. The van der Waals surface area contributed by atoms with Gasteiger partial charge in [0.2, 0.25) is 17.7 Å². The van der Waals surface area contributed by atoms with E-state index < -0.39 is 51.5 Å². The third-order valence-corrected chi connectivity index (χ3v) is 10.4. The van der Waals surface area contributed by atoms with Crippen LogP contribution in [0.2, 0.25) is 0 Å². The zero-order valence-electron chi connectivity index (χ0n) is 23.0. The Hall–Kier alpha value is -4.07. The molecule has 224 valence electrons. The zero-order valence-corrected chi connectivity index (χ0v) is 26.2. The van der Waals surface area contributed by atoms with E-state index in [4.69, 9.17) is 4.74 Å². The molecule has 1 aromatic heterocycles. The topological polar surface area (TPSA) is 115 Å². The molecule has 4 aromatic rings. The first-order valence-corrected chi connectivity index (χ1v) is 16.0. The summed E-state index contributed by atoms with van der Waals surface area (Å²) in [6, 6.07) is 18.7. The second-order valence-electron chi connectivity index (χ2n) is 10.1. The number of thioether (sulfide) groups is 1. The molecule has 13 heteroatoms. The van der Waals surface area contributed by atoms with E-state index in [0.717, 1.165) is 38.0 Å². The minimum absolute atomic E-state index is 0.239. The molecule has 1 N–H and O–H groups in total. The van der Waals surface area contributed by atoms with Crippen LogP contribution < -0.4 is 15.1 Å². The van der Waals surface area contributed by atoms with E-state index in [9.17, 15) is 28.4 Å². The first kappa shape index (κ1) is 30.0. The number of nitrogens with zero attached hydrogens (tertiary/aromatic N) is 2. The predicted octanol–water partition coefficient (Wildman–Crippen LogP) is 5.42. The largest absolute Gasteiger partial charge is 0.462 e. The van der Waals surface area contributed by atoms with Crippen LogP contribution in [0.1, 0.15) is 33.6 Å². The van der Waals surface area contributed by atoms with Crippen LogP contribution in [0, 0.1) is 11.7 Å². The number of hydrogen-bond donors (Lipinski definition) is 1. The van der Waals surface area contributed by atoms with E-state index in [1.54, 1.807) is 19.1 Å². The molecule has 0 radical (unpaired) electrons. The number of benzene rings is 3. The van der Waals surface area contributed by atoms with Crippen molar-refractivity contribution in [2.24, 2.45) is 5.92 Å². The number of carbonyl (C=O) groups is 4. The third-order valence-electron chi connectivity index (χ3n) is 7.32. The average molecular weight is 697 g/mol. The molecule has 2 unspecified atom stereocenters. The molecule has 3 aromatic carbocycles. The summed E-state index contributed by atoms with van der Waals surface area (Å²) in [6.07, 6.45) is 0. The molecule has 3 amide bonds. The first-order chi connectivity index (χ1) is 21.2. The molecule has 0 saturated carbocycles. The number of ether oxygens (including phenoxy) is 1. The Labute approximate surface area is 267 Å². The van der Waals surface area contributed by atoms with Gasteiger partial charge < -0.3 is 10.1 Å². The van der Waals surface area contributed by atoms with Crippen LogP contribution in [-0.2, 0) is 25.7 Å². The Morgan fingerprint density at radius 1 is 1.00 bits per heavy atom. The van der Waals surface area contributed by atoms with Crippen LogP contribution in [0.3, 0.4) is 0 Å². The average Bonchev–Trinajstić information content (AvgIpc) is 3.44. The van der Waals surface area contributed by atoms with Crippen LogP contribution in [0.15, 0.2) is 87.1 Å². The molecule has 0 spiro atoms. The highest BCUT2D eigenvalue weighted by Gasteiger charge is 2.56. The number of imide groups is 1. The number of fused-ring (bicyclic) bond motifs is 2. The monoisotopic (exact) mass is 695 g/mol. The lowest BCUT2D eigenvalue weighted by Crippen LogP contribution is -2.33. The summed E-state index contributed by atoms with van der Waals surface area (Å²) in [4.78, 5) is 67.3. The lowest BCUT2D eigenvalue weighted by molar-refractivity contribution is -0.122. The van der Waals surface area contributed by atoms with Gasteiger partial charge in [0.25, 0.3) is 0 Å². The second kappa shape index (κ2) is 12.1. The molecule has 6 rings (SSSR count). The highest BCUT2D eigenvalue weighted by molar-refractivity contribution is 9.10. The summed E-state index contributed by atoms with van der Waals surface area (Å²) in [5.41, 5.74) is 1.76. The van der Waals surface area contributed by atoms with Gasteiger partial charge in [-0.1, -0.05) is 51.2 Å². The van der Waals surface area contributed by atoms with Gasteiger partial charge in [-0.15, -0.1) is 0 Å². The van der Waals surface area contributed by atoms with Gasteiger partial charge in [-0.3, -0.25) is 23.7 Å². The molecule has 0 aliphatic carbocycles. The lowest BCUT2D eigenvalue weighted by atomic mass is 9.83. The quantitative estimate of drug-likeness (QED) is 0.203. The molecule has 3 heterocycles. The van der Waals surface area contributed by atoms with E-state index in [0.29, 0.717) is 21.2 Å². The number of aromatic nitrogens is 1. The van der Waals surface area contributed by atoms with Gasteiger partial charge >= 0.3 is 10.8 Å². The summed E-state index contributed by atoms with van der Waals surface area (Å²) in [7, 11) is 0. The fraction of sp³-hybridized carbons (Fsp3) is 0.194. The summed E-state index contributed by atoms with van der Waals surface area (Å²) in [5, 5.41) is 2.31. The first-order valence-electron chi connectivity index (χ1n) is 13.5. The Kier molecular flexibility index (Phi) is 8.27. The van der Waals surface area contributed by atoms with Crippen molar-refractivity contribution in [1.29, 1.82) is 0 Å². The van der Waals surface area contributed by atoms with E-state index >= 15 is 0 Å². The van der Waals surface area contributed by atoms with E-state index in [2.05, 4.69) is 21.2 Å². The number of hydrogen-bond acceptors (Lipinski definition) is 8. The second-order valence-corrected chi connectivity index (χ2v) is 13.1. The maximum absolute atomic E-state index is 13.9. The highest BCUT2D eigenvalue weighted by Crippen LogP contribution is 2.54. The van der Waals surface area contributed by atoms with Crippen molar-refractivity contribution in [1.82, 2.24) is 4.57 Å². The molecule has 2 aliphatic heterocycles. The molecule has 1 fully saturated rings. The normalized spacial score (nSPS) is 19.0. The van der Waals surface area contributed by atoms with Crippen LogP contribution in [0.5, 0.6) is 0 Å². The maximum Gasteiger partial charge on any atom is 0.338 e. The van der Waals surface area contributed by atoms with Crippen molar-refractivity contribution in [3.05, 3.63) is 109 Å². The Bertz CT molecular complexity index is 1860. The zero-order chi connectivity index (χ0) is 31.1. The summed E-state index contributed by atoms with van der Waals surface area (Å²) in [6.45, 7) is 1.62. The summed E-state index contributed by atoms with van der Waals surface area (Å²) < 4.78 is 20.7. The highest BCUT2D eigenvalue weighted by atomic mass is 79.9. The van der Waals surface area contributed by atoms with Gasteiger partial charge in [0.15, 0.2) is 0 Å². The van der Waals surface area contributed by atoms with Crippen LogP contribution in [0.4, 0.5) is 15.8 Å². The molecule has 3 atom stereocenters. The molecule has 2 aliphatic rings. The number of rotatable bonds is 7. The maximum atomic E-state index is 13.9. The van der Waals surface area contributed by atoms with Crippen LogP contribution in [-0.4, -0.2) is 40.1 Å². The van der Waals surface area contributed by atoms with Gasteiger partial charge in [0.05, 0.1) is 28.8 Å². The van der Waals surface area contributed by atoms with Crippen molar-refractivity contribution in [2.45, 2.75) is 29.7 Å². The van der Waals surface area contributed by atoms with Crippen molar-refractivity contribution >= 4 is 74.1 Å². The fourth-order valence-electron chi connectivity index (χ4n) is 5.41. The fourth-order valence-corrected chi connectivity index (χ4v) is 8.60. The number of carbonyl (C=O) groups excluding carboxylic acids is 4. The van der Waals surface area contributed by atoms with E-state index in [1.165, 1.54) is 41.0 Å². The number of thiazole rings is 1. The molecule has 1 saturated heterocycles. The molecule has 44 heavy (non-hydrogen) atoms. The van der Waals surface area contributed by atoms with Gasteiger partial charge in [-0.25, -0.2) is 14.1 Å². The van der Waals surface area contributed by atoms with Crippen molar-refractivity contribution in [2.75, 3.05) is 16.8 Å². The predicted molar refractivity (Wildman–Crippen MR) is 168 cm³/mol.